The molecule has 126 valence electrons. The van der Waals surface area contributed by atoms with E-state index in [0.29, 0.717) is 28.6 Å². The Morgan fingerprint density at radius 3 is 2.46 bits per heavy atom. The smallest absolute Gasteiger partial charge is 0.274 e. The van der Waals surface area contributed by atoms with Crippen molar-refractivity contribution in [2.24, 2.45) is 0 Å². The molecule has 2 N–H and O–H groups in total. The van der Waals surface area contributed by atoms with Crippen LogP contribution in [0.4, 0.5) is 5.69 Å². The molecule has 24 heavy (non-hydrogen) atoms. The van der Waals surface area contributed by atoms with Crippen molar-refractivity contribution in [1.82, 2.24) is 9.88 Å². The average molecular weight is 327 g/mol. The van der Waals surface area contributed by atoms with E-state index < -0.39 is 0 Å². The first kappa shape index (κ1) is 16.1. The number of amides is 1. The van der Waals surface area contributed by atoms with Gasteiger partial charge in [-0.3, -0.25) is 4.79 Å². The molecule has 1 aromatic carbocycles. The van der Waals surface area contributed by atoms with Gasteiger partial charge in [0.2, 0.25) is 0 Å². The number of hydrogen-bond acceptors (Lipinski definition) is 5. The molecule has 6 heteroatoms. The van der Waals surface area contributed by atoms with Crippen molar-refractivity contribution in [1.29, 1.82) is 0 Å². The number of nitrogens with two attached hydrogens (primary N) is 1. The Balaban J connectivity index is 1.97. The number of hydrogen-bond donors (Lipinski definition) is 1. The normalized spacial score (nSPS) is 13.8. The average Bonchev–Trinajstić information content (AvgIpc) is 3.15. The molecule has 1 saturated heterocycles. The fraction of sp³-hybridized carbons (Fsp3) is 0.333. The standard InChI is InChI=1S/C18H21N3O3/c1-23-15-8-5-12(11-16(15)24-2)14-7-6-13(19)17(20-14)18(22)21-9-3-4-10-21/h5-8,11H,3-4,9-10,19H2,1-2H3. The summed E-state index contributed by atoms with van der Waals surface area (Å²) in [6.45, 7) is 1.53. The minimum absolute atomic E-state index is 0.104. The monoisotopic (exact) mass is 327 g/mol. The first-order valence-corrected chi connectivity index (χ1v) is 7.92. The predicted octanol–water partition coefficient (Wildman–Crippen LogP) is 2.58. The molecule has 0 radical (unpaired) electrons. The van der Waals surface area contributed by atoms with Gasteiger partial charge in [-0.25, -0.2) is 4.98 Å². The number of carbonyl (C=O) groups is 1. The molecule has 2 heterocycles. The SMILES string of the molecule is COc1ccc(-c2ccc(N)c(C(=O)N3CCCC3)n2)cc1OC. The van der Waals surface area contributed by atoms with E-state index >= 15 is 0 Å². The molecular formula is C18H21N3O3. The van der Waals surface area contributed by atoms with E-state index in [1.807, 2.05) is 18.2 Å². The number of methoxy groups -OCH3 is 2. The third-order valence-corrected chi connectivity index (χ3v) is 4.20. The van der Waals surface area contributed by atoms with Crippen molar-refractivity contribution in [3.63, 3.8) is 0 Å². The second-order valence-corrected chi connectivity index (χ2v) is 5.70. The summed E-state index contributed by atoms with van der Waals surface area (Å²) in [6.07, 6.45) is 2.06. The molecule has 1 fully saturated rings. The molecule has 1 aromatic heterocycles. The minimum atomic E-state index is -0.104. The van der Waals surface area contributed by atoms with Gasteiger partial charge in [-0.1, -0.05) is 0 Å². The first-order valence-electron chi connectivity index (χ1n) is 7.92. The third kappa shape index (κ3) is 2.99. The topological polar surface area (TPSA) is 77.7 Å². The van der Waals surface area contributed by atoms with Crippen LogP contribution in [0.15, 0.2) is 30.3 Å². The Hall–Kier alpha value is -2.76. The number of aromatic nitrogens is 1. The van der Waals surface area contributed by atoms with E-state index in [-0.39, 0.29) is 5.91 Å². The summed E-state index contributed by atoms with van der Waals surface area (Å²) >= 11 is 0. The largest absolute Gasteiger partial charge is 0.493 e. The maximum Gasteiger partial charge on any atom is 0.274 e. The molecule has 6 nitrogen and oxygen atoms in total. The van der Waals surface area contributed by atoms with Crippen LogP contribution >= 0.6 is 0 Å². The van der Waals surface area contributed by atoms with Crippen LogP contribution in [0.2, 0.25) is 0 Å². The highest BCUT2D eigenvalue weighted by Gasteiger charge is 2.23. The van der Waals surface area contributed by atoms with Crippen LogP contribution in [0.5, 0.6) is 11.5 Å². The molecule has 0 unspecified atom stereocenters. The van der Waals surface area contributed by atoms with Crippen LogP contribution in [0, 0.1) is 0 Å². The number of nitrogen functional groups attached to an aromatic ring is 1. The maximum absolute atomic E-state index is 12.6. The fourth-order valence-electron chi connectivity index (χ4n) is 2.87. The molecule has 1 amide bonds. The lowest BCUT2D eigenvalue weighted by Crippen LogP contribution is -2.29. The zero-order valence-electron chi connectivity index (χ0n) is 13.9. The summed E-state index contributed by atoms with van der Waals surface area (Å²) < 4.78 is 10.6. The number of carbonyl (C=O) groups excluding carboxylic acids is 1. The Kier molecular flexibility index (Phi) is 4.55. The van der Waals surface area contributed by atoms with Crippen LogP contribution in [0.3, 0.4) is 0 Å². The van der Waals surface area contributed by atoms with Crippen molar-refractivity contribution in [2.75, 3.05) is 33.0 Å². The number of benzene rings is 1. The number of ether oxygens (including phenoxy) is 2. The van der Waals surface area contributed by atoms with Crippen LogP contribution in [-0.4, -0.2) is 43.1 Å². The Morgan fingerprint density at radius 1 is 1.08 bits per heavy atom. The van der Waals surface area contributed by atoms with Gasteiger partial charge in [-0.15, -0.1) is 0 Å². The van der Waals surface area contributed by atoms with Gasteiger partial charge < -0.3 is 20.1 Å². The summed E-state index contributed by atoms with van der Waals surface area (Å²) in [6, 6.07) is 9.05. The molecule has 3 rings (SSSR count). The van der Waals surface area contributed by atoms with Gasteiger partial charge in [-0.2, -0.15) is 0 Å². The summed E-state index contributed by atoms with van der Waals surface area (Å²) in [4.78, 5) is 18.9. The van der Waals surface area contributed by atoms with Gasteiger partial charge in [0.15, 0.2) is 17.2 Å². The third-order valence-electron chi connectivity index (χ3n) is 4.20. The van der Waals surface area contributed by atoms with Crippen LogP contribution in [-0.2, 0) is 0 Å². The van der Waals surface area contributed by atoms with Crippen molar-refractivity contribution >= 4 is 11.6 Å². The van der Waals surface area contributed by atoms with Gasteiger partial charge in [0.1, 0.15) is 0 Å². The zero-order valence-corrected chi connectivity index (χ0v) is 13.9. The lowest BCUT2D eigenvalue weighted by molar-refractivity contribution is 0.0788. The Morgan fingerprint density at radius 2 is 1.79 bits per heavy atom. The van der Waals surface area contributed by atoms with E-state index in [4.69, 9.17) is 15.2 Å². The highest BCUT2D eigenvalue weighted by atomic mass is 16.5. The lowest BCUT2D eigenvalue weighted by Gasteiger charge is -2.16. The summed E-state index contributed by atoms with van der Waals surface area (Å²) in [5, 5.41) is 0. The van der Waals surface area contributed by atoms with Crippen LogP contribution in [0.1, 0.15) is 23.3 Å². The first-order chi connectivity index (χ1) is 11.6. The van der Waals surface area contributed by atoms with Gasteiger partial charge in [-0.05, 0) is 43.2 Å². The summed E-state index contributed by atoms with van der Waals surface area (Å²) in [5.41, 5.74) is 8.20. The Bertz CT molecular complexity index is 755. The van der Waals surface area contributed by atoms with Crippen molar-refractivity contribution in [3.8, 4) is 22.8 Å². The van der Waals surface area contributed by atoms with E-state index in [9.17, 15) is 4.79 Å². The minimum Gasteiger partial charge on any atom is -0.493 e. The summed E-state index contributed by atoms with van der Waals surface area (Å²) in [5.74, 6) is 1.15. The molecule has 1 aliphatic rings. The molecule has 0 spiro atoms. The number of nitrogens with zero attached hydrogens (tertiary/aromatic N) is 2. The number of rotatable bonds is 4. The maximum atomic E-state index is 12.6. The number of pyridine rings is 1. The van der Waals surface area contributed by atoms with Gasteiger partial charge in [0, 0.05) is 18.7 Å². The molecule has 0 atom stereocenters. The molecule has 0 aliphatic carbocycles. The summed E-state index contributed by atoms with van der Waals surface area (Å²) in [7, 11) is 3.17. The van der Waals surface area contributed by atoms with Crippen LogP contribution in [0.25, 0.3) is 11.3 Å². The van der Waals surface area contributed by atoms with E-state index in [1.165, 1.54) is 0 Å². The molecule has 0 saturated carbocycles. The van der Waals surface area contributed by atoms with Gasteiger partial charge >= 0.3 is 0 Å². The van der Waals surface area contributed by atoms with E-state index in [0.717, 1.165) is 31.5 Å². The molecule has 2 aromatic rings. The predicted molar refractivity (Wildman–Crippen MR) is 92.3 cm³/mol. The van der Waals surface area contributed by atoms with Crippen molar-refractivity contribution in [3.05, 3.63) is 36.0 Å². The zero-order chi connectivity index (χ0) is 17.1. The van der Waals surface area contributed by atoms with Gasteiger partial charge in [0.25, 0.3) is 5.91 Å². The highest BCUT2D eigenvalue weighted by molar-refractivity contribution is 5.97. The van der Waals surface area contributed by atoms with Crippen molar-refractivity contribution in [2.45, 2.75) is 12.8 Å². The number of anilines is 1. The van der Waals surface area contributed by atoms with E-state index in [1.54, 1.807) is 31.3 Å². The van der Waals surface area contributed by atoms with Crippen molar-refractivity contribution < 1.29 is 14.3 Å². The fourth-order valence-corrected chi connectivity index (χ4v) is 2.87. The molecule has 0 bridgehead atoms. The quantitative estimate of drug-likeness (QED) is 0.934. The second kappa shape index (κ2) is 6.78. The van der Waals surface area contributed by atoms with E-state index in [2.05, 4.69) is 4.98 Å². The molecule has 1 aliphatic heterocycles. The molecular weight excluding hydrogens is 306 g/mol. The second-order valence-electron chi connectivity index (χ2n) is 5.70. The lowest BCUT2D eigenvalue weighted by atomic mass is 10.1. The highest BCUT2D eigenvalue weighted by Crippen LogP contribution is 2.32. The Labute approximate surface area is 141 Å². The van der Waals surface area contributed by atoms with Gasteiger partial charge in [0.05, 0.1) is 25.6 Å². The van der Waals surface area contributed by atoms with Crippen LogP contribution < -0.4 is 15.2 Å². The number of likely N-dealkylation sites (tertiary alicyclic amines) is 1.